The van der Waals surface area contributed by atoms with Gasteiger partial charge in [0.1, 0.15) is 0 Å². The number of nitrogens with zero attached hydrogens (tertiary/aromatic N) is 3. The second-order valence-corrected chi connectivity index (χ2v) is 7.82. The van der Waals surface area contributed by atoms with Crippen molar-refractivity contribution in [3.63, 3.8) is 0 Å². The van der Waals surface area contributed by atoms with E-state index in [0.29, 0.717) is 6.42 Å². The molecule has 4 rings (SSSR count). The van der Waals surface area contributed by atoms with E-state index in [4.69, 9.17) is 0 Å². The van der Waals surface area contributed by atoms with Crippen LogP contribution in [0.15, 0.2) is 65.1 Å². The van der Waals surface area contributed by atoms with Crippen molar-refractivity contribution in [1.29, 1.82) is 0 Å². The van der Waals surface area contributed by atoms with Gasteiger partial charge < -0.3 is 10.2 Å². The summed E-state index contributed by atoms with van der Waals surface area (Å²) in [6, 6.07) is 19.5. The highest BCUT2D eigenvalue weighted by molar-refractivity contribution is 9.10. The molecule has 1 aliphatic rings. The number of amides is 1. The minimum atomic E-state index is -0.0372. The molecule has 0 radical (unpaired) electrons. The number of anilines is 2. The maximum Gasteiger partial charge on any atom is 0.228 e. The van der Waals surface area contributed by atoms with E-state index >= 15 is 0 Å². The summed E-state index contributed by atoms with van der Waals surface area (Å²) in [5.41, 5.74) is 3.56. The Kier molecular flexibility index (Phi) is 5.67. The van der Waals surface area contributed by atoms with E-state index in [9.17, 15) is 4.79 Å². The lowest BCUT2D eigenvalue weighted by Crippen LogP contribution is -2.19. The lowest BCUT2D eigenvalue weighted by molar-refractivity contribution is -0.115. The van der Waals surface area contributed by atoms with E-state index in [0.717, 1.165) is 45.9 Å². The molecule has 0 atom stereocenters. The number of aromatic nitrogens is 2. The molecule has 2 aromatic carbocycles. The lowest BCUT2D eigenvalue weighted by Gasteiger charge is -2.15. The summed E-state index contributed by atoms with van der Waals surface area (Å²) in [5, 5.41) is 11.7. The van der Waals surface area contributed by atoms with Gasteiger partial charge in [0.05, 0.1) is 12.1 Å². The van der Waals surface area contributed by atoms with Crippen molar-refractivity contribution in [2.45, 2.75) is 19.3 Å². The molecule has 28 heavy (non-hydrogen) atoms. The Balaban J connectivity index is 1.37. The molecule has 1 fully saturated rings. The fourth-order valence-corrected chi connectivity index (χ4v) is 3.58. The molecule has 1 amide bonds. The molecule has 1 N–H and O–H groups in total. The molecular formula is C22H21BrN4O. The Morgan fingerprint density at radius 2 is 1.64 bits per heavy atom. The van der Waals surface area contributed by atoms with E-state index in [-0.39, 0.29) is 5.91 Å². The first-order valence-electron chi connectivity index (χ1n) is 9.41. The first-order valence-corrected chi connectivity index (χ1v) is 10.2. The zero-order chi connectivity index (χ0) is 19.3. The third-order valence-corrected chi connectivity index (χ3v) is 5.35. The highest BCUT2D eigenvalue weighted by atomic mass is 79.9. The van der Waals surface area contributed by atoms with Gasteiger partial charge in [-0.1, -0.05) is 40.2 Å². The average Bonchev–Trinajstić information content (AvgIpc) is 3.25. The van der Waals surface area contributed by atoms with Crippen molar-refractivity contribution in [3.8, 4) is 11.3 Å². The third kappa shape index (κ3) is 4.57. The predicted octanol–water partition coefficient (Wildman–Crippen LogP) is 4.69. The van der Waals surface area contributed by atoms with Crippen LogP contribution in [0.5, 0.6) is 0 Å². The summed E-state index contributed by atoms with van der Waals surface area (Å²) < 4.78 is 1.00. The Labute approximate surface area is 172 Å². The van der Waals surface area contributed by atoms with Gasteiger partial charge in [0.15, 0.2) is 5.82 Å². The standard InChI is InChI=1S/C22H21BrN4O/c23-18-7-3-16(4-8-18)15-22(28)24-19-9-5-17(6-10-19)20-11-12-21(26-25-20)27-13-1-2-14-27/h3-12H,1-2,13-15H2,(H,24,28). The van der Waals surface area contributed by atoms with Gasteiger partial charge in [-0.2, -0.15) is 0 Å². The molecule has 0 spiro atoms. The number of carbonyl (C=O) groups is 1. The second-order valence-electron chi connectivity index (χ2n) is 6.90. The van der Waals surface area contributed by atoms with Crippen LogP contribution in [0.1, 0.15) is 18.4 Å². The van der Waals surface area contributed by atoms with Crippen molar-refractivity contribution in [1.82, 2.24) is 10.2 Å². The van der Waals surface area contributed by atoms with Gasteiger partial charge in [0.25, 0.3) is 0 Å². The number of nitrogens with one attached hydrogen (secondary N) is 1. The van der Waals surface area contributed by atoms with Crippen LogP contribution >= 0.6 is 15.9 Å². The molecule has 142 valence electrons. The van der Waals surface area contributed by atoms with Crippen LogP contribution in [0.25, 0.3) is 11.3 Å². The lowest BCUT2D eigenvalue weighted by atomic mass is 10.1. The summed E-state index contributed by atoms with van der Waals surface area (Å²) in [7, 11) is 0. The molecule has 6 heteroatoms. The maximum absolute atomic E-state index is 12.2. The minimum absolute atomic E-state index is 0.0372. The molecule has 0 bridgehead atoms. The normalized spacial score (nSPS) is 13.5. The SMILES string of the molecule is O=C(Cc1ccc(Br)cc1)Nc1ccc(-c2ccc(N3CCCC3)nn2)cc1. The van der Waals surface area contributed by atoms with Gasteiger partial charge >= 0.3 is 0 Å². The molecule has 1 saturated heterocycles. The average molecular weight is 437 g/mol. The largest absolute Gasteiger partial charge is 0.355 e. The van der Waals surface area contributed by atoms with Crippen LogP contribution in [0.2, 0.25) is 0 Å². The fraction of sp³-hybridized carbons (Fsp3) is 0.227. The van der Waals surface area contributed by atoms with Gasteiger partial charge in [0, 0.05) is 28.8 Å². The Hall–Kier alpha value is -2.73. The van der Waals surface area contributed by atoms with Gasteiger partial charge in [-0.25, -0.2) is 0 Å². The van der Waals surface area contributed by atoms with Crippen LogP contribution in [0.3, 0.4) is 0 Å². The molecule has 2 heterocycles. The topological polar surface area (TPSA) is 58.1 Å². The molecule has 0 aliphatic carbocycles. The Morgan fingerprint density at radius 3 is 2.29 bits per heavy atom. The van der Waals surface area contributed by atoms with Gasteiger partial charge in [-0.05, 0) is 54.8 Å². The zero-order valence-corrected chi connectivity index (χ0v) is 17.0. The van der Waals surface area contributed by atoms with Crippen LogP contribution in [-0.2, 0) is 11.2 Å². The number of carbonyl (C=O) groups excluding carboxylic acids is 1. The number of hydrogen-bond donors (Lipinski definition) is 1. The summed E-state index contributed by atoms with van der Waals surface area (Å²) in [5.74, 6) is 0.905. The van der Waals surface area contributed by atoms with Crippen LogP contribution < -0.4 is 10.2 Å². The summed E-state index contributed by atoms with van der Waals surface area (Å²) in [6.45, 7) is 2.12. The Morgan fingerprint density at radius 1 is 0.929 bits per heavy atom. The first-order chi connectivity index (χ1) is 13.7. The molecule has 1 aliphatic heterocycles. The Bertz CT molecular complexity index is 934. The number of benzene rings is 2. The van der Waals surface area contributed by atoms with E-state index in [1.165, 1.54) is 12.8 Å². The number of hydrogen-bond acceptors (Lipinski definition) is 4. The second kappa shape index (κ2) is 8.52. The van der Waals surface area contributed by atoms with Crippen molar-refractivity contribution in [2.24, 2.45) is 0 Å². The molecule has 0 unspecified atom stereocenters. The summed E-state index contributed by atoms with van der Waals surface area (Å²) in [4.78, 5) is 14.5. The van der Waals surface area contributed by atoms with Crippen LogP contribution in [0, 0.1) is 0 Å². The number of halogens is 1. The van der Waals surface area contributed by atoms with Gasteiger partial charge in [0.2, 0.25) is 5.91 Å². The summed E-state index contributed by atoms with van der Waals surface area (Å²) >= 11 is 3.40. The van der Waals surface area contributed by atoms with Gasteiger partial charge in [-0.3, -0.25) is 4.79 Å². The quantitative estimate of drug-likeness (QED) is 0.630. The highest BCUT2D eigenvalue weighted by Crippen LogP contribution is 2.22. The fourth-order valence-electron chi connectivity index (χ4n) is 3.31. The summed E-state index contributed by atoms with van der Waals surface area (Å²) in [6.07, 6.45) is 2.79. The van der Waals surface area contributed by atoms with Crippen molar-refractivity contribution in [2.75, 3.05) is 23.3 Å². The smallest absolute Gasteiger partial charge is 0.228 e. The van der Waals surface area contributed by atoms with E-state index in [1.54, 1.807) is 0 Å². The maximum atomic E-state index is 12.2. The highest BCUT2D eigenvalue weighted by Gasteiger charge is 2.14. The van der Waals surface area contributed by atoms with Gasteiger partial charge in [-0.15, -0.1) is 10.2 Å². The third-order valence-electron chi connectivity index (χ3n) is 4.82. The molecule has 3 aromatic rings. The molecule has 5 nitrogen and oxygen atoms in total. The van der Waals surface area contributed by atoms with Crippen molar-refractivity contribution >= 4 is 33.3 Å². The first kappa shape index (κ1) is 18.6. The minimum Gasteiger partial charge on any atom is -0.355 e. The predicted molar refractivity (Wildman–Crippen MR) is 115 cm³/mol. The zero-order valence-electron chi connectivity index (χ0n) is 15.4. The van der Waals surface area contributed by atoms with Crippen molar-refractivity contribution in [3.05, 3.63) is 70.7 Å². The van der Waals surface area contributed by atoms with E-state index in [1.807, 2.05) is 60.7 Å². The van der Waals surface area contributed by atoms with E-state index < -0.39 is 0 Å². The number of rotatable bonds is 5. The molecular weight excluding hydrogens is 416 g/mol. The molecule has 1 aromatic heterocycles. The van der Waals surface area contributed by atoms with Crippen LogP contribution in [0.4, 0.5) is 11.5 Å². The van der Waals surface area contributed by atoms with E-state index in [2.05, 4.69) is 36.3 Å². The monoisotopic (exact) mass is 436 g/mol. The molecule has 0 saturated carbocycles. The van der Waals surface area contributed by atoms with Crippen molar-refractivity contribution < 1.29 is 4.79 Å². The van der Waals surface area contributed by atoms with Crippen LogP contribution in [-0.4, -0.2) is 29.2 Å².